The molecule has 0 unspecified atom stereocenters. The Hall–Kier alpha value is -3.22. The van der Waals surface area contributed by atoms with Crippen molar-refractivity contribution in [2.24, 2.45) is 0 Å². The molecular weight excluding hydrogens is 308 g/mol. The molecule has 0 fully saturated rings. The normalized spacial score (nSPS) is 10.7. The van der Waals surface area contributed by atoms with Crippen LogP contribution >= 0.6 is 0 Å². The summed E-state index contributed by atoms with van der Waals surface area (Å²) in [5.74, 6) is -1.49. The summed E-state index contributed by atoms with van der Waals surface area (Å²) >= 11 is 0. The molecule has 0 aromatic carbocycles. The van der Waals surface area contributed by atoms with E-state index in [0.717, 1.165) is 16.6 Å². The lowest BCUT2D eigenvalue weighted by molar-refractivity contribution is 0.0696. The molecule has 3 heterocycles. The van der Waals surface area contributed by atoms with Crippen molar-refractivity contribution >= 4 is 22.9 Å². The molecule has 0 spiro atoms. The summed E-state index contributed by atoms with van der Waals surface area (Å²) in [6.07, 6.45) is 4.74. The highest BCUT2D eigenvalue weighted by atomic mass is 16.4. The molecule has 0 saturated heterocycles. The molecule has 0 bridgehead atoms. The zero-order chi connectivity index (χ0) is 17.1. The molecule has 122 valence electrons. The second kappa shape index (κ2) is 6.49. The number of hydrogen-bond acceptors (Lipinski definition) is 4. The van der Waals surface area contributed by atoms with Gasteiger partial charge in [-0.05, 0) is 42.7 Å². The van der Waals surface area contributed by atoms with E-state index in [1.807, 2.05) is 18.3 Å². The van der Waals surface area contributed by atoms with Crippen molar-refractivity contribution in [2.75, 3.05) is 7.05 Å². The molecule has 0 atom stereocenters. The molecule has 3 rings (SSSR count). The monoisotopic (exact) mass is 324 g/mol. The summed E-state index contributed by atoms with van der Waals surface area (Å²) in [5, 5.41) is 12.7. The lowest BCUT2D eigenvalue weighted by Crippen LogP contribution is -2.20. The maximum Gasteiger partial charge on any atom is 0.335 e. The number of carboxylic acids is 1. The Labute approximate surface area is 137 Å². The van der Waals surface area contributed by atoms with E-state index in [1.165, 1.54) is 19.2 Å². The van der Waals surface area contributed by atoms with Gasteiger partial charge in [-0.15, -0.1) is 0 Å². The molecular formula is C17H16N4O3. The van der Waals surface area contributed by atoms with E-state index in [-0.39, 0.29) is 11.3 Å². The first kappa shape index (κ1) is 15.7. The Kier molecular flexibility index (Phi) is 4.24. The Morgan fingerprint density at radius 1 is 1.25 bits per heavy atom. The Bertz CT molecular complexity index is 917. The Morgan fingerprint density at radius 3 is 2.83 bits per heavy atom. The number of aromatic amines is 1. The van der Waals surface area contributed by atoms with E-state index in [2.05, 4.69) is 20.3 Å². The van der Waals surface area contributed by atoms with E-state index in [4.69, 9.17) is 0 Å². The predicted molar refractivity (Wildman–Crippen MR) is 88.1 cm³/mol. The molecule has 0 radical (unpaired) electrons. The van der Waals surface area contributed by atoms with Gasteiger partial charge in [-0.1, -0.05) is 0 Å². The van der Waals surface area contributed by atoms with Gasteiger partial charge in [0.05, 0.1) is 5.56 Å². The minimum absolute atomic E-state index is 0.0557. The third kappa shape index (κ3) is 3.10. The molecule has 0 aliphatic rings. The zero-order valence-electron chi connectivity index (χ0n) is 13.0. The van der Waals surface area contributed by atoms with Crippen molar-refractivity contribution in [2.45, 2.75) is 12.8 Å². The smallest absolute Gasteiger partial charge is 0.335 e. The van der Waals surface area contributed by atoms with Gasteiger partial charge >= 0.3 is 5.97 Å². The van der Waals surface area contributed by atoms with E-state index in [0.29, 0.717) is 18.5 Å². The fourth-order valence-electron chi connectivity index (χ4n) is 2.58. The molecule has 7 nitrogen and oxygen atoms in total. The lowest BCUT2D eigenvalue weighted by Gasteiger charge is -2.07. The molecule has 3 aromatic rings. The summed E-state index contributed by atoms with van der Waals surface area (Å²) in [6.45, 7) is 0. The summed E-state index contributed by atoms with van der Waals surface area (Å²) in [4.78, 5) is 34.6. The van der Waals surface area contributed by atoms with Crippen LogP contribution in [0.1, 0.15) is 32.1 Å². The third-order valence-corrected chi connectivity index (χ3v) is 3.79. The zero-order valence-corrected chi connectivity index (χ0v) is 13.0. The van der Waals surface area contributed by atoms with Gasteiger partial charge in [0.2, 0.25) is 0 Å². The van der Waals surface area contributed by atoms with E-state index < -0.39 is 11.9 Å². The van der Waals surface area contributed by atoms with Crippen LogP contribution in [0.4, 0.5) is 0 Å². The maximum atomic E-state index is 11.8. The van der Waals surface area contributed by atoms with Crippen LogP contribution in [0.15, 0.2) is 36.7 Å². The molecule has 0 aliphatic heterocycles. The molecule has 3 aromatic heterocycles. The number of aromatic nitrogens is 3. The first-order chi connectivity index (χ1) is 11.6. The van der Waals surface area contributed by atoms with Gasteiger partial charge in [-0.2, -0.15) is 0 Å². The van der Waals surface area contributed by atoms with Crippen molar-refractivity contribution in [1.82, 2.24) is 20.3 Å². The largest absolute Gasteiger partial charge is 0.478 e. The van der Waals surface area contributed by atoms with Gasteiger partial charge in [0.15, 0.2) is 0 Å². The number of H-pyrrole nitrogens is 1. The van der Waals surface area contributed by atoms with Gasteiger partial charge < -0.3 is 15.4 Å². The van der Waals surface area contributed by atoms with Crippen molar-refractivity contribution in [3.8, 4) is 0 Å². The van der Waals surface area contributed by atoms with Crippen LogP contribution in [0, 0.1) is 0 Å². The second-order valence-electron chi connectivity index (χ2n) is 5.33. The first-order valence-corrected chi connectivity index (χ1v) is 7.46. The number of amides is 1. The summed E-state index contributed by atoms with van der Waals surface area (Å²) in [5.41, 5.74) is 2.62. The molecule has 0 saturated carbocycles. The second-order valence-corrected chi connectivity index (χ2v) is 5.33. The highest BCUT2D eigenvalue weighted by molar-refractivity contribution is 5.95. The van der Waals surface area contributed by atoms with Gasteiger partial charge in [0, 0.05) is 30.5 Å². The number of aromatic carboxylic acids is 1. The highest BCUT2D eigenvalue weighted by Crippen LogP contribution is 2.17. The maximum absolute atomic E-state index is 11.8. The number of nitrogens with zero attached hydrogens (tertiary/aromatic N) is 2. The number of aryl methyl sites for hydroxylation is 2. The topological polar surface area (TPSA) is 108 Å². The predicted octanol–water partition coefficient (Wildman–Crippen LogP) is 1.80. The fourth-order valence-corrected chi connectivity index (χ4v) is 2.58. The number of carbonyl (C=O) groups is 2. The number of carbonyl (C=O) groups excluding carboxylic acids is 1. The van der Waals surface area contributed by atoms with Crippen LogP contribution in [0.3, 0.4) is 0 Å². The van der Waals surface area contributed by atoms with Crippen molar-refractivity contribution in [3.05, 3.63) is 59.2 Å². The van der Waals surface area contributed by atoms with E-state index in [1.54, 1.807) is 6.20 Å². The average molecular weight is 324 g/mol. The molecule has 0 aliphatic carbocycles. The molecule has 1 amide bonds. The van der Waals surface area contributed by atoms with E-state index in [9.17, 15) is 14.7 Å². The van der Waals surface area contributed by atoms with E-state index >= 15 is 0 Å². The van der Waals surface area contributed by atoms with Crippen LogP contribution in [-0.2, 0) is 12.8 Å². The van der Waals surface area contributed by atoms with Crippen LogP contribution in [0.5, 0.6) is 0 Å². The van der Waals surface area contributed by atoms with Crippen LogP contribution < -0.4 is 5.32 Å². The lowest BCUT2D eigenvalue weighted by atomic mass is 10.0. The molecule has 3 N–H and O–H groups in total. The minimum Gasteiger partial charge on any atom is -0.478 e. The van der Waals surface area contributed by atoms with Crippen molar-refractivity contribution in [1.29, 1.82) is 0 Å². The number of fused-ring (bicyclic) bond motifs is 1. The number of carboxylic acid groups (broad SMARTS) is 1. The number of nitrogens with one attached hydrogen (secondary N) is 2. The quantitative estimate of drug-likeness (QED) is 0.663. The summed E-state index contributed by atoms with van der Waals surface area (Å²) in [7, 11) is 1.48. The van der Waals surface area contributed by atoms with Gasteiger partial charge in [0.1, 0.15) is 11.3 Å². The third-order valence-electron chi connectivity index (χ3n) is 3.79. The summed E-state index contributed by atoms with van der Waals surface area (Å²) < 4.78 is 0. The number of hydrogen-bond donors (Lipinski definition) is 3. The fraction of sp³-hybridized carbons (Fsp3) is 0.176. The molecule has 24 heavy (non-hydrogen) atoms. The standard InChI is InChI=1S/C17H16N4O3/c1-18-16(22)14-9-11(17(23)24)8-12(21-14)3-2-10-4-6-19-15-13(10)5-7-20-15/h4-9H,2-3H2,1H3,(H,18,22)(H,19,20)(H,23,24). The van der Waals surface area contributed by atoms with Gasteiger partial charge in [-0.3, -0.25) is 4.79 Å². The SMILES string of the molecule is CNC(=O)c1cc(C(=O)O)cc(CCc2ccnc3[nH]ccc23)n1. The van der Waals surface area contributed by atoms with Gasteiger partial charge in [0.25, 0.3) is 5.91 Å². The van der Waals surface area contributed by atoms with Crippen molar-refractivity contribution in [3.63, 3.8) is 0 Å². The van der Waals surface area contributed by atoms with Crippen LogP contribution in [0.2, 0.25) is 0 Å². The van der Waals surface area contributed by atoms with Crippen molar-refractivity contribution < 1.29 is 14.7 Å². The first-order valence-electron chi connectivity index (χ1n) is 7.46. The minimum atomic E-state index is -1.08. The number of pyridine rings is 2. The Balaban J connectivity index is 1.89. The molecule has 7 heteroatoms. The highest BCUT2D eigenvalue weighted by Gasteiger charge is 2.13. The van der Waals surface area contributed by atoms with Gasteiger partial charge in [-0.25, -0.2) is 14.8 Å². The van der Waals surface area contributed by atoms with Crippen LogP contribution in [0.25, 0.3) is 11.0 Å². The average Bonchev–Trinajstić information content (AvgIpc) is 3.08. The summed E-state index contributed by atoms with van der Waals surface area (Å²) in [6, 6.07) is 6.66. The van der Waals surface area contributed by atoms with Crippen LogP contribution in [-0.4, -0.2) is 39.0 Å². The Morgan fingerprint density at radius 2 is 2.08 bits per heavy atom. The number of rotatable bonds is 5.